The van der Waals surface area contributed by atoms with Crippen molar-refractivity contribution in [3.63, 3.8) is 0 Å². The van der Waals surface area contributed by atoms with Crippen LogP contribution in [0.4, 0.5) is 18.9 Å². The van der Waals surface area contributed by atoms with Gasteiger partial charge in [0.25, 0.3) is 0 Å². The summed E-state index contributed by atoms with van der Waals surface area (Å²) >= 11 is 0. The van der Waals surface area contributed by atoms with Gasteiger partial charge in [-0.3, -0.25) is 9.59 Å². The second-order valence-electron chi connectivity index (χ2n) is 6.57. The van der Waals surface area contributed by atoms with Crippen LogP contribution in [0.25, 0.3) is 0 Å². The van der Waals surface area contributed by atoms with Gasteiger partial charge in [-0.2, -0.15) is 13.2 Å². The molecule has 0 saturated carbocycles. The minimum absolute atomic E-state index is 0.0630. The molecule has 2 aromatic carbocycles. The van der Waals surface area contributed by atoms with E-state index in [0.29, 0.717) is 6.42 Å². The van der Waals surface area contributed by atoms with Crippen LogP contribution in [0.3, 0.4) is 0 Å². The first-order valence-corrected chi connectivity index (χ1v) is 8.56. The fraction of sp³-hybridized carbons (Fsp3) is 0.300. The molecule has 1 saturated heterocycles. The lowest BCUT2D eigenvalue weighted by atomic mass is 9.84. The zero-order chi connectivity index (χ0) is 19.6. The molecule has 27 heavy (non-hydrogen) atoms. The zero-order valence-electron chi connectivity index (χ0n) is 14.7. The fourth-order valence-corrected chi connectivity index (χ4v) is 3.43. The van der Waals surface area contributed by atoms with Gasteiger partial charge in [0.05, 0.1) is 17.5 Å². The van der Waals surface area contributed by atoms with E-state index in [2.05, 4.69) is 5.32 Å². The number of halogens is 3. The Labute approximate surface area is 155 Å². The van der Waals surface area contributed by atoms with Gasteiger partial charge in [0, 0.05) is 19.2 Å². The van der Waals surface area contributed by atoms with E-state index in [1.807, 2.05) is 30.3 Å². The van der Waals surface area contributed by atoms with Crippen LogP contribution in [0.1, 0.15) is 30.0 Å². The molecule has 2 amide bonds. The summed E-state index contributed by atoms with van der Waals surface area (Å²) in [5.74, 6) is -1.01. The number of hydrogen-bond donors (Lipinski definition) is 1. The summed E-state index contributed by atoms with van der Waals surface area (Å²) < 4.78 is 38.6. The van der Waals surface area contributed by atoms with Crippen LogP contribution < -0.4 is 5.32 Å². The quantitative estimate of drug-likeness (QED) is 0.871. The number of alkyl halides is 3. The first-order valence-electron chi connectivity index (χ1n) is 8.56. The standard InChI is InChI=1S/C20H19F3N2O2/c1-25-17(26)11-10-16(18(25)13-6-3-2-4-7-13)19(27)24-15-9-5-8-14(12-15)20(21,22)23/h2-9,12,16,18H,10-11H2,1H3,(H,24,27)/t16-,18-/m0/s1. The highest BCUT2D eigenvalue weighted by atomic mass is 19.4. The van der Waals surface area contributed by atoms with E-state index in [-0.39, 0.29) is 18.0 Å². The number of carbonyl (C=O) groups is 2. The van der Waals surface area contributed by atoms with Crippen molar-refractivity contribution < 1.29 is 22.8 Å². The Balaban J connectivity index is 1.85. The Morgan fingerprint density at radius 3 is 2.48 bits per heavy atom. The van der Waals surface area contributed by atoms with E-state index in [4.69, 9.17) is 0 Å². The Hall–Kier alpha value is -2.83. The van der Waals surface area contributed by atoms with E-state index in [9.17, 15) is 22.8 Å². The largest absolute Gasteiger partial charge is 0.416 e. The molecule has 0 aromatic heterocycles. The molecule has 4 nitrogen and oxygen atoms in total. The minimum atomic E-state index is -4.48. The van der Waals surface area contributed by atoms with Crippen molar-refractivity contribution in [1.82, 2.24) is 4.90 Å². The summed E-state index contributed by atoms with van der Waals surface area (Å²) in [6.07, 6.45) is -3.92. The molecule has 2 atom stereocenters. The number of rotatable bonds is 3. The van der Waals surface area contributed by atoms with E-state index in [1.165, 1.54) is 17.0 Å². The first-order chi connectivity index (χ1) is 12.8. The Morgan fingerprint density at radius 2 is 1.81 bits per heavy atom. The molecule has 7 heteroatoms. The molecule has 0 radical (unpaired) electrons. The van der Waals surface area contributed by atoms with Gasteiger partial charge in [-0.1, -0.05) is 36.4 Å². The molecule has 1 aliphatic rings. The SMILES string of the molecule is CN1C(=O)CC[C@H](C(=O)Nc2cccc(C(F)(F)F)c2)[C@@H]1c1ccccc1. The molecule has 1 aliphatic heterocycles. The number of hydrogen-bond acceptors (Lipinski definition) is 2. The van der Waals surface area contributed by atoms with Crippen molar-refractivity contribution in [1.29, 1.82) is 0 Å². The topological polar surface area (TPSA) is 49.4 Å². The van der Waals surface area contributed by atoms with Gasteiger partial charge in [0.2, 0.25) is 11.8 Å². The van der Waals surface area contributed by atoms with Gasteiger partial charge in [-0.25, -0.2) is 0 Å². The second-order valence-corrected chi connectivity index (χ2v) is 6.57. The van der Waals surface area contributed by atoms with Crippen molar-refractivity contribution in [2.24, 2.45) is 5.92 Å². The van der Waals surface area contributed by atoms with Crippen LogP contribution in [0.15, 0.2) is 54.6 Å². The number of amides is 2. The molecular formula is C20H19F3N2O2. The number of nitrogens with one attached hydrogen (secondary N) is 1. The normalized spacial score (nSPS) is 20.4. The average molecular weight is 376 g/mol. The van der Waals surface area contributed by atoms with Crippen LogP contribution in [-0.4, -0.2) is 23.8 Å². The Kier molecular flexibility index (Phi) is 5.21. The molecule has 1 N–H and O–H groups in total. The van der Waals surface area contributed by atoms with Crippen LogP contribution in [0.5, 0.6) is 0 Å². The second kappa shape index (κ2) is 7.42. The maximum Gasteiger partial charge on any atom is 0.416 e. The van der Waals surface area contributed by atoms with Crippen molar-refractivity contribution in [3.05, 3.63) is 65.7 Å². The predicted molar refractivity (Wildman–Crippen MR) is 94.8 cm³/mol. The molecule has 2 aromatic rings. The third kappa shape index (κ3) is 4.13. The lowest BCUT2D eigenvalue weighted by molar-refractivity contribution is -0.140. The summed E-state index contributed by atoms with van der Waals surface area (Å²) in [5.41, 5.74) is 0.0780. The van der Waals surface area contributed by atoms with E-state index >= 15 is 0 Å². The number of anilines is 1. The molecule has 0 bridgehead atoms. The lowest BCUT2D eigenvalue weighted by Crippen LogP contribution is -2.44. The Bertz CT molecular complexity index is 837. The van der Waals surface area contributed by atoms with Crippen LogP contribution in [0.2, 0.25) is 0 Å². The van der Waals surface area contributed by atoms with Gasteiger partial charge in [0.1, 0.15) is 0 Å². The molecule has 0 spiro atoms. The molecule has 3 rings (SSSR count). The number of piperidine rings is 1. The molecular weight excluding hydrogens is 357 g/mol. The lowest BCUT2D eigenvalue weighted by Gasteiger charge is -2.38. The van der Waals surface area contributed by atoms with E-state index in [0.717, 1.165) is 17.7 Å². The molecule has 142 valence electrons. The maximum absolute atomic E-state index is 12.9. The molecule has 1 heterocycles. The first kappa shape index (κ1) is 18.9. The van der Waals surface area contributed by atoms with Crippen molar-refractivity contribution in [3.8, 4) is 0 Å². The van der Waals surface area contributed by atoms with Crippen molar-refractivity contribution >= 4 is 17.5 Å². The van der Waals surface area contributed by atoms with Crippen molar-refractivity contribution in [2.45, 2.75) is 25.1 Å². The Morgan fingerprint density at radius 1 is 1.11 bits per heavy atom. The summed E-state index contributed by atoms with van der Waals surface area (Å²) in [5, 5.41) is 2.58. The summed E-state index contributed by atoms with van der Waals surface area (Å²) in [6.45, 7) is 0. The smallest absolute Gasteiger partial charge is 0.338 e. The van der Waals surface area contributed by atoms with Gasteiger partial charge in [-0.15, -0.1) is 0 Å². The highest BCUT2D eigenvalue weighted by molar-refractivity contribution is 5.94. The summed E-state index contributed by atoms with van der Waals surface area (Å²) in [7, 11) is 1.64. The van der Waals surface area contributed by atoms with Gasteiger partial charge in [-0.05, 0) is 30.2 Å². The summed E-state index contributed by atoms with van der Waals surface area (Å²) in [6, 6.07) is 13.2. The minimum Gasteiger partial charge on any atom is -0.338 e. The summed E-state index contributed by atoms with van der Waals surface area (Å²) in [4.78, 5) is 26.5. The van der Waals surface area contributed by atoms with Gasteiger partial charge < -0.3 is 10.2 Å². The average Bonchev–Trinajstić information content (AvgIpc) is 2.64. The third-order valence-corrected chi connectivity index (χ3v) is 4.80. The third-order valence-electron chi connectivity index (χ3n) is 4.80. The number of benzene rings is 2. The van der Waals surface area contributed by atoms with Crippen LogP contribution in [-0.2, 0) is 15.8 Å². The van der Waals surface area contributed by atoms with E-state index < -0.39 is 29.6 Å². The maximum atomic E-state index is 12.9. The molecule has 1 fully saturated rings. The van der Waals surface area contributed by atoms with Gasteiger partial charge >= 0.3 is 6.18 Å². The monoisotopic (exact) mass is 376 g/mol. The predicted octanol–water partition coefficient (Wildman–Crippen LogP) is 4.25. The fourth-order valence-electron chi connectivity index (χ4n) is 3.43. The molecule has 0 unspecified atom stereocenters. The van der Waals surface area contributed by atoms with Crippen molar-refractivity contribution in [2.75, 3.05) is 12.4 Å². The highest BCUT2D eigenvalue weighted by Gasteiger charge is 2.39. The number of likely N-dealkylation sites (tertiary alicyclic amines) is 1. The number of nitrogens with zero attached hydrogens (tertiary/aromatic N) is 1. The molecule has 0 aliphatic carbocycles. The zero-order valence-corrected chi connectivity index (χ0v) is 14.7. The van der Waals surface area contributed by atoms with Crippen LogP contribution >= 0.6 is 0 Å². The number of carbonyl (C=O) groups excluding carboxylic acids is 2. The highest BCUT2D eigenvalue weighted by Crippen LogP contribution is 2.37. The van der Waals surface area contributed by atoms with Crippen LogP contribution in [0, 0.1) is 5.92 Å². The van der Waals surface area contributed by atoms with E-state index in [1.54, 1.807) is 7.05 Å². The van der Waals surface area contributed by atoms with Gasteiger partial charge in [0.15, 0.2) is 0 Å².